The normalized spacial score (nSPS) is 10.8. The van der Waals surface area contributed by atoms with Crippen LogP contribution < -0.4 is 19.9 Å². The number of nitrogen functional groups attached to an aromatic ring is 1. The molecule has 0 aliphatic heterocycles. The van der Waals surface area contributed by atoms with Crippen LogP contribution in [-0.2, 0) is 0 Å². The van der Waals surface area contributed by atoms with E-state index in [-0.39, 0.29) is 0 Å². The molecule has 2 aromatic carbocycles. The van der Waals surface area contributed by atoms with Gasteiger partial charge in [-0.2, -0.15) is 0 Å². The Bertz CT molecular complexity index is 849. The largest absolute Gasteiger partial charge is 0.493 e. The third kappa shape index (κ3) is 2.66. The van der Waals surface area contributed by atoms with Crippen molar-refractivity contribution in [3.8, 4) is 28.4 Å². The Morgan fingerprint density at radius 2 is 1.61 bits per heavy atom. The predicted molar refractivity (Wildman–Crippen MR) is 93.9 cm³/mol. The summed E-state index contributed by atoms with van der Waals surface area (Å²) < 4.78 is 17.3. The van der Waals surface area contributed by atoms with Crippen molar-refractivity contribution < 1.29 is 14.2 Å². The highest BCUT2D eigenvalue weighted by atomic mass is 32.1. The van der Waals surface area contributed by atoms with Crippen molar-refractivity contribution in [2.45, 2.75) is 6.92 Å². The lowest BCUT2D eigenvalue weighted by Crippen LogP contribution is -1.96. The van der Waals surface area contributed by atoms with Gasteiger partial charge in [-0.3, -0.25) is 0 Å². The molecule has 23 heavy (non-hydrogen) atoms. The fourth-order valence-electron chi connectivity index (χ4n) is 2.64. The standard InChI is InChI=1S/C17H18N2O3S/c1-9-5-15-12(19-17(18)23-15)8-11(9)10-6-13(20-2)16(22-4)14(7-10)21-3/h5-8H,1-4H3,(H2,18,19). The lowest BCUT2D eigenvalue weighted by atomic mass is 9.99. The molecule has 0 spiro atoms. The molecule has 0 amide bonds. The van der Waals surface area contributed by atoms with E-state index >= 15 is 0 Å². The van der Waals surface area contributed by atoms with Gasteiger partial charge in [-0.05, 0) is 47.9 Å². The highest BCUT2D eigenvalue weighted by Gasteiger charge is 2.16. The molecule has 3 rings (SSSR count). The van der Waals surface area contributed by atoms with E-state index in [9.17, 15) is 0 Å². The molecule has 0 radical (unpaired) electrons. The number of thiazole rings is 1. The summed E-state index contributed by atoms with van der Waals surface area (Å²) in [6.07, 6.45) is 0. The minimum absolute atomic E-state index is 0.571. The summed E-state index contributed by atoms with van der Waals surface area (Å²) in [4.78, 5) is 4.37. The summed E-state index contributed by atoms with van der Waals surface area (Å²) >= 11 is 1.49. The minimum Gasteiger partial charge on any atom is -0.493 e. The van der Waals surface area contributed by atoms with Crippen LogP contribution in [0.4, 0.5) is 5.13 Å². The van der Waals surface area contributed by atoms with Crippen molar-refractivity contribution >= 4 is 26.7 Å². The number of fused-ring (bicyclic) bond motifs is 1. The van der Waals surface area contributed by atoms with Crippen LogP contribution in [0.1, 0.15) is 5.56 Å². The molecule has 1 heterocycles. The smallest absolute Gasteiger partial charge is 0.203 e. The molecule has 0 aliphatic rings. The molecule has 0 saturated carbocycles. The predicted octanol–water partition coefficient (Wildman–Crippen LogP) is 3.88. The van der Waals surface area contributed by atoms with E-state index in [1.807, 2.05) is 18.2 Å². The average Bonchev–Trinajstić information content (AvgIpc) is 2.91. The number of aromatic nitrogens is 1. The van der Waals surface area contributed by atoms with Crippen LogP contribution >= 0.6 is 11.3 Å². The fourth-order valence-corrected chi connectivity index (χ4v) is 3.46. The van der Waals surface area contributed by atoms with E-state index in [0.29, 0.717) is 22.4 Å². The molecule has 1 aromatic heterocycles. The summed E-state index contributed by atoms with van der Waals surface area (Å²) in [5.41, 5.74) is 9.87. The van der Waals surface area contributed by atoms with Gasteiger partial charge in [0.15, 0.2) is 16.6 Å². The van der Waals surface area contributed by atoms with Gasteiger partial charge < -0.3 is 19.9 Å². The number of benzene rings is 2. The van der Waals surface area contributed by atoms with E-state index in [4.69, 9.17) is 19.9 Å². The van der Waals surface area contributed by atoms with Crippen LogP contribution in [0.15, 0.2) is 24.3 Å². The second kappa shape index (κ2) is 5.96. The SMILES string of the molecule is COc1cc(-c2cc3nc(N)sc3cc2C)cc(OC)c1OC. The summed E-state index contributed by atoms with van der Waals surface area (Å²) in [5, 5.41) is 0.571. The summed E-state index contributed by atoms with van der Waals surface area (Å²) in [6, 6.07) is 8.01. The molecule has 2 N–H and O–H groups in total. The van der Waals surface area contributed by atoms with Crippen molar-refractivity contribution in [3.63, 3.8) is 0 Å². The Morgan fingerprint density at radius 1 is 0.957 bits per heavy atom. The van der Waals surface area contributed by atoms with Gasteiger partial charge in [0.05, 0.1) is 31.5 Å². The Labute approximate surface area is 138 Å². The number of rotatable bonds is 4. The second-order valence-electron chi connectivity index (χ2n) is 5.10. The third-order valence-corrected chi connectivity index (χ3v) is 4.57. The van der Waals surface area contributed by atoms with Crippen LogP contribution in [0.5, 0.6) is 17.2 Å². The highest BCUT2D eigenvalue weighted by molar-refractivity contribution is 7.22. The maximum Gasteiger partial charge on any atom is 0.203 e. The highest BCUT2D eigenvalue weighted by Crippen LogP contribution is 2.42. The number of hydrogen-bond donors (Lipinski definition) is 1. The molecule has 0 bridgehead atoms. The first-order valence-corrected chi connectivity index (χ1v) is 7.86. The quantitative estimate of drug-likeness (QED) is 0.786. The fraction of sp³-hybridized carbons (Fsp3) is 0.235. The zero-order chi connectivity index (χ0) is 16.6. The van der Waals surface area contributed by atoms with Gasteiger partial charge >= 0.3 is 0 Å². The molecule has 120 valence electrons. The minimum atomic E-state index is 0.571. The van der Waals surface area contributed by atoms with Gasteiger partial charge in [-0.25, -0.2) is 4.98 Å². The number of aryl methyl sites for hydroxylation is 1. The van der Waals surface area contributed by atoms with Crippen molar-refractivity contribution in [2.24, 2.45) is 0 Å². The molecular weight excluding hydrogens is 312 g/mol. The number of nitrogens with two attached hydrogens (primary N) is 1. The van der Waals surface area contributed by atoms with Crippen molar-refractivity contribution in [1.82, 2.24) is 4.98 Å². The van der Waals surface area contributed by atoms with Crippen molar-refractivity contribution in [3.05, 3.63) is 29.8 Å². The Balaban J connectivity index is 2.23. The van der Waals surface area contributed by atoms with E-state index < -0.39 is 0 Å². The molecule has 3 aromatic rings. The lowest BCUT2D eigenvalue weighted by Gasteiger charge is -2.15. The van der Waals surface area contributed by atoms with Gasteiger partial charge in [0.2, 0.25) is 5.75 Å². The van der Waals surface area contributed by atoms with Crippen LogP contribution in [0.25, 0.3) is 21.3 Å². The van der Waals surface area contributed by atoms with Gasteiger partial charge in [0.1, 0.15) is 0 Å². The Hall–Kier alpha value is -2.47. The molecule has 0 fully saturated rings. The maximum absolute atomic E-state index is 5.81. The van der Waals surface area contributed by atoms with E-state index in [2.05, 4.69) is 18.0 Å². The van der Waals surface area contributed by atoms with E-state index in [0.717, 1.165) is 26.9 Å². The molecule has 0 aliphatic carbocycles. The monoisotopic (exact) mass is 330 g/mol. The zero-order valence-corrected chi connectivity index (χ0v) is 14.3. The van der Waals surface area contributed by atoms with E-state index in [1.54, 1.807) is 21.3 Å². The van der Waals surface area contributed by atoms with Gasteiger partial charge in [-0.1, -0.05) is 11.3 Å². The van der Waals surface area contributed by atoms with Crippen LogP contribution in [0, 0.1) is 6.92 Å². The van der Waals surface area contributed by atoms with Crippen LogP contribution in [0.3, 0.4) is 0 Å². The topological polar surface area (TPSA) is 66.6 Å². The zero-order valence-electron chi connectivity index (χ0n) is 13.5. The third-order valence-electron chi connectivity index (χ3n) is 3.73. The maximum atomic E-state index is 5.81. The van der Waals surface area contributed by atoms with Gasteiger partial charge in [0.25, 0.3) is 0 Å². The number of methoxy groups -OCH3 is 3. The molecule has 0 unspecified atom stereocenters. The molecule has 0 atom stereocenters. The van der Waals surface area contributed by atoms with Gasteiger partial charge in [0, 0.05) is 0 Å². The van der Waals surface area contributed by atoms with Gasteiger partial charge in [-0.15, -0.1) is 0 Å². The second-order valence-corrected chi connectivity index (χ2v) is 6.16. The number of nitrogens with zero attached hydrogens (tertiary/aromatic N) is 1. The Kier molecular flexibility index (Phi) is 4.00. The molecule has 0 saturated heterocycles. The molecule has 6 heteroatoms. The number of anilines is 1. The number of ether oxygens (including phenoxy) is 3. The number of hydrogen-bond acceptors (Lipinski definition) is 6. The van der Waals surface area contributed by atoms with E-state index in [1.165, 1.54) is 11.3 Å². The van der Waals surface area contributed by atoms with Crippen molar-refractivity contribution in [2.75, 3.05) is 27.1 Å². The first-order chi connectivity index (χ1) is 11.1. The average molecular weight is 330 g/mol. The summed E-state index contributed by atoms with van der Waals surface area (Å²) in [5.74, 6) is 1.83. The first-order valence-electron chi connectivity index (χ1n) is 7.04. The van der Waals surface area contributed by atoms with Crippen molar-refractivity contribution in [1.29, 1.82) is 0 Å². The van der Waals surface area contributed by atoms with Crippen LogP contribution in [0.2, 0.25) is 0 Å². The first kappa shape index (κ1) is 15.4. The van der Waals surface area contributed by atoms with Crippen LogP contribution in [-0.4, -0.2) is 26.3 Å². The molecular formula is C17H18N2O3S. The Morgan fingerprint density at radius 3 is 2.17 bits per heavy atom. The molecule has 5 nitrogen and oxygen atoms in total. The summed E-state index contributed by atoms with van der Waals surface area (Å²) in [7, 11) is 4.81. The lowest BCUT2D eigenvalue weighted by molar-refractivity contribution is 0.324. The summed E-state index contributed by atoms with van der Waals surface area (Å²) in [6.45, 7) is 2.06.